The number of aromatic nitrogens is 2. The number of rotatable bonds is 0. The van der Waals surface area contributed by atoms with Gasteiger partial charge in [-0.05, 0) is 20.8 Å². The quantitative estimate of drug-likeness (QED) is 0.637. The number of hydrogen-bond donors (Lipinski definition) is 2. The number of H-pyrrole nitrogens is 1. The lowest BCUT2D eigenvalue weighted by Crippen LogP contribution is -2.40. The molecule has 1 aromatic rings. The van der Waals surface area contributed by atoms with Crippen LogP contribution in [0.2, 0.25) is 0 Å². The van der Waals surface area contributed by atoms with Gasteiger partial charge in [0, 0.05) is 18.5 Å². The van der Waals surface area contributed by atoms with Crippen molar-refractivity contribution < 1.29 is 0 Å². The van der Waals surface area contributed by atoms with Gasteiger partial charge in [0.05, 0.1) is 11.3 Å². The van der Waals surface area contributed by atoms with Crippen molar-refractivity contribution in [2.24, 2.45) is 0 Å². The van der Waals surface area contributed by atoms with E-state index in [9.17, 15) is 4.79 Å². The third-order valence-corrected chi connectivity index (χ3v) is 2.62. The minimum Gasteiger partial charge on any atom is -0.310 e. The Morgan fingerprint density at radius 3 is 2.86 bits per heavy atom. The van der Waals surface area contributed by atoms with Crippen molar-refractivity contribution in [3.05, 3.63) is 27.4 Å². The van der Waals surface area contributed by atoms with Gasteiger partial charge in [-0.25, -0.2) is 4.98 Å². The smallest absolute Gasteiger partial charge is 0.255 e. The average Bonchev–Trinajstić information content (AvgIpc) is 1.99. The second-order valence-corrected chi connectivity index (χ2v) is 4.01. The molecule has 4 heteroatoms. The summed E-state index contributed by atoms with van der Waals surface area (Å²) in [5, 5.41) is 3.34. The molecule has 0 saturated carbocycles. The van der Waals surface area contributed by atoms with E-state index in [-0.39, 0.29) is 11.6 Å². The molecule has 1 aliphatic heterocycles. The van der Waals surface area contributed by atoms with E-state index in [2.05, 4.69) is 22.2 Å². The normalized spacial score (nSPS) is 25.9. The van der Waals surface area contributed by atoms with Crippen molar-refractivity contribution in [3.63, 3.8) is 0 Å². The molecule has 14 heavy (non-hydrogen) atoms. The predicted molar refractivity (Wildman–Crippen MR) is 54.3 cm³/mol. The third-order valence-electron chi connectivity index (χ3n) is 2.62. The highest BCUT2D eigenvalue weighted by molar-refractivity contribution is 5.25. The Bertz CT molecular complexity index is 410. The lowest BCUT2D eigenvalue weighted by atomic mass is 9.97. The number of fused-ring (bicyclic) bond motifs is 1. The first kappa shape index (κ1) is 9.40. The van der Waals surface area contributed by atoms with E-state index in [1.165, 1.54) is 0 Å². The van der Waals surface area contributed by atoms with Crippen LogP contribution in [0.15, 0.2) is 4.79 Å². The van der Waals surface area contributed by atoms with E-state index >= 15 is 0 Å². The molecule has 0 amide bonds. The maximum atomic E-state index is 11.7. The molecule has 1 aliphatic rings. The van der Waals surface area contributed by atoms with E-state index in [4.69, 9.17) is 0 Å². The highest BCUT2D eigenvalue weighted by Crippen LogP contribution is 2.19. The lowest BCUT2D eigenvalue weighted by Gasteiger charge is -2.27. The largest absolute Gasteiger partial charge is 0.310 e. The zero-order chi connectivity index (χ0) is 10.3. The first-order chi connectivity index (χ1) is 6.58. The standard InChI is InChI=1S/C10H15N3O/c1-5-4-8-9(6(2)11-5)10(14)13-7(3)12-8/h5-6,11H,4H2,1-3H3,(H,12,13,14). The monoisotopic (exact) mass is 193 g/mol. The Kier molecular flexibility index (Phi) is 2.15. The van der Waals surface area contributed by atoms with Gasteiger partial charge in [0.1, 0.15) is 5.82 Å². The molecule has 2 atom stereocenters. The van der Waals surface area contributed by atoms with Crippen LogP contribution in [0.1, 0.15) is 37.0 Å². The summed E-state index contributed by atoms with van der Waals surface area (Å²) in [5.74, 6) is 0.704. The van der Waals surface area contributed by atoms with Crippen LogP contribution in [0.25, 0.3) is 0 Å². The number of aryl methyl sites for hydroxylation is 1. The molecule has 2 rings (SSSR count). The predicted octanol–water partition coefficient (Wildman–Crippen LogP) is 0.674. The van der Waals surface area contributed by atoms with E-state index in [1.807, 2.05) is 13.8 Å². The van der Waals surface area contributed by atoms with Gasteiger partial charge in [0.15, 0.2) is 0 Å². The molecule has 0 radical (unpaired) electrons. The summed E-state index contributed by atoms with van der Waals surface area (Å²) < 4.78 is 0. The maximum Gasteiger partial charge on any atom is 0.255 e. The molecule has 2 N–H and O–H groups in total. The van der Waals surface area contributed by atoms with Gasteiger partial charge in [-0.2, -0.15) is 0 Å². The van der Waals surface area contributed by atoms with E-state index in [1.54, 1.807) is 0 Å². The summed E-state index contributed by atoms with van der Waals surface area (Å²) in [6, 6.07) is 0.497. The van der Waals surface area contributed by atoms with Gasteiger partial charge < -0.3 is 10.3 Å². The number of hydrogen-bond acceptors (Lipinski definition) is 3. The summed E-state index contributed by atoms with van der Waals surface area (Å²) in [4.78, 5) is 18.8. The van der Waals surface area contributed by atoms with Crippen molar-refractivity contribution in [2.45, 2.75) is 39.3 Å². The first-order valence-corrected chi connectivity index (χ1v) is 4.93. The highest BCUT2D eigenvalue weighted by Gasteiger charge is 2.24. The van der Waals surface area contributed by atoms with Crippen LogP contribution in [0.4, 0.5) is 0 Å². The van der Waals surface area contributed by atoms with Gasteiger partial charge >= 0.3 is 0 Å². The van der Waals surface area contributed by atoms with Gasteiger partial charge in [-0.3, -0.25) is 4.79 Å². The minimum absolute atomic E-state index is 0.000556. The van der Waals surface area contributed by atoms with Crippen molar-refractivity contribution in [1.29, 1.82) is 0 Å². The summed E-state index contributed by atoms with van der Waals surface area (Å²) in [6.07, 6.45) is 0.838. The maximum absolute atomic E-state index is 11.7. The topological polar surface area (TPSA) is 57.8 Å². The van der Waals surface area contributed by atoms with Crippen molar-refractivity contribution in [2.75, 3.05) is 0 Å². The van der Waals surface area contributed by atoms with Crippen molar-refractivity contribution in [1.82, 2.24) is 15.3 Å². The molecule has 0 bridgehead atoms. The number of aromatic amines is 1. The molecule has 0 aliphatic carbocycles. The van der Waals surface area contributed by atoms with Crippen LogP contribution in [0.3, 0.4) is 0 Å². The summed E-state index contributed by atoms with van der Waals surface area (Å²) in [5.41, 5.74) is 1.75. The van der Waals surface area contributed by atoms with Gasteiger partial charge in [-0.15, -0.1) is 0 Å². The summed E-state index contributed by atoms with van der Waals surface area (Å²) in [6.45, 7) is 5.93. The molecule has 0 aromatic carbocycles. The van der Waals surface area contributed by atoms with Crippen LogP contribution in [0.5, 0.6) is 0 Å². The molecule has 0 fully saturated rings. The Balaban J connectivity index is 2.59. The Morgan fingerprint density at radius 2 is 2.14 bits per heavy atom. The molecule has 2 unspecified atom stereocenters. The lowest BCUT2D eigenvalue weighted by molar-refractivity contribution is 0.433. The van der Waals surface area contributed by atoms with Crippen LogP contribution >= 0.6 is 0 Å². The Hall–Kier alpha value is -1.16. The third kappa shape index (κ3) is 1.46. The molecule has 1 aromatic heterocycles. The van der Waals surface area contributed by atoms with E-state index < -0.39 is 0 Å². The minimum atomic E-state index is -0.000556. The van der Waals surface area contributed by atoms with Crippen LogP contribution < -0.4 is 10.9 Å². The zero-order valence-electron chi connectivity index (χ0n) is 8.72. The molecule has 0 saturated heterocycles. The highest BCUT2D eigenvalue weighted by atomic mass is 16.1. The fourth-order valence-corrected chi connectivity index (χ4v) is 2.11. The zero-order valence-corrected chi connectivity index (χ0v) is 8.72. The van der Waals surface area contributed by atoms with Crippen LogP contribution in [0, 0.1) is 6.92 Å². The molecular weight excluding hydrogens is 178 g/mol. The Labute approximate surface area is 82.8 Å². The van der Waals surface area contributed by atoms with Gasteiger partial charge in [0.25, 0.3) is 5.56 Å². The molecular formula is C10H15N3O. The Morgan fingerprint density at radius 1 is 1.43 bits per heavy atom. The van der Waals surface area contributed by atoms with Gasteiger partial charge in [0.2, 0.25) is 0 Å². The van der Waals surface area contributed by atoms with E-state index in [0.29, 0.717) is 11.9 Å². The average molecular weight is 193 g/mol. The second-order valence-electron chi connectivity index (χ2n) is 4.01. The fraction of sp³-hybridized carbons (Fsp3) is 0.600. The molecule has 4 nitrogen and oxygen atoms in total. The molecule has 2 heterocycles. The number of nitrogens with zero attached hydrogens (tertiary/aromatic N) is 1. The number of nitrogens with one attached hydrogen (secondary N) is 2. The van der Waals surface area contributed by atoms with E-state index in [0.717, 1.165) is 17.7 Å². The molecule has 76 valence electrons. The SMILES string of the molecule is Cc1nc2c(c(=O)[nH]1)C(C)NC(C)C2. The van der Waals surface area contributed by atoms with Crippen molar-refractivity contribution in [3.8, 4) is 0 Å². The second kappa shape index (κ2) is 3.20. The first-order valence-electron chi connectivity index (χ1n) is 4.93. The fourth-order valence-electron chi connectivity index (χ4n) is 2.11. The van der Waals surface area contributed by atoms with Crippen molar-refractivity contribution >= 4 is 0 Å². The van der Waals surface area contributed by atoms with Crippen LogP contribution in [-0.2, 0) is 6.42 Å². The van der Waals surface area contributed by atoms with Gasteiger partial charge in [-0.1, -0.05) is 0 Å². The van der Waals surface area contributed by atoms with Crippen LogP contribution in [-0.4, -0.2) is 16.0 Å². The summed E-state index contributed by atoms with van der Waals surface area (Å²) >= 11 is 0. The summed E-state index contributed by atoms with van der Waals surface area (Å²) in [7, 11) is 0. The molecule has 0 spiro atoms.